The molecule has 2 aromatic rings. The van der Waals surface area contributed by atoms with E-state index in [0.29, 0.717) is 16.3 Å². The number of imide groups is 1. The molecule has 5 nitrogen and oxygen atoms in total. The molecule has 3 aliphatic heterocycles. The van der Waals surface area contributed by atoms with Crippen molar-refractivity contribution in [3.63, 3.8) is 0 Å². The van der Waals surface area contributed by atoms with E-state index in [0.717, 1.165) is 24.3 Å². The predicted molar refractivity (Wildman–Crippen MR) is 104 cm³/mol. The fourth-order valence-corrected chi connectivity index (χ4v) is 5.49. The Hall–Kier alpha value is -2.50. The number of carbonyl (C=O) groups excluding carboxylic acids is 3. The standard InChI is InChI=1S/C22H19ClN2O3/c23-14-8-10-15(11-9-14)25-21(27)17-16-7-4-12-24(16)19(18(17)22(25)28)20(26)13-5-2-1-3-6-13/h1-3,5-6,8-11,16-19H,4,7,12H2/p+1/t16-,17+,18+,19+/m0/s1. The summed E-state index contributed by atoms with van der Waals surface area (Å²) in [4.78, 5) is 42.4. The number of benzene rings is 2. The smallest absolute Gasteiger partial charge is 0.244 e. The number of Topliss-reactive ketones (excluding diaryl/α,β-unsaturated/α-hetero) is 1. The van der Waals surface area contributed by atoms with Crippen LogP contribution in [0.4, 0.5) is 5.69 Å². The molecule has 0 bridgehead atoms. The molecule has 2 amide bonds. The Labute approximate surface area is 167 Å². The van der Waals surface area contributed by atoms with Crippen LogP contribution in [0.1, 0.15) is 23.2 Å². The zero-order chi connectivity index (χ0) is 19.4. The first-order chi connectivity index (χ1) is 13.6. The lowest BCUT2D eigenvalue weighted by Crippen LogP contribution is -3.16. The zero-order valence-corrected chi connectivity index (χ0v) is 15.9. The van der Waals surface area contributed by atoms with E-state index in [1.807, 2.05) is 18.2 Å². The van der Waals surface area contributed by atoms with E-state index < -0.39 is 17.9 Å². The van der Waals surface area contributed by atoms with Crippen LogP contribution in [-0.4, -0.2) is 36.2 Å². The Morgan fingerprint density at radius 2 is 1.64 bits per heavy atom. The van der Waals surface area contributed by atoms with Gasteiger partial charge in [0.2, 0.25) is 17.6 Å². The molecule has 5 atom stereocenters. The second kappa shape index (κ2) is 6.54. The predicted octanol–water partition coefficient (Wildman–Crippen LogP) is 1.76. The van der Waals surface area contributed by atoms with Gasteiger partial charge in [-0.15, -0.1) is 0 Å². The molecule has 1 N–H and O–H groups in total. The third kappa shape index (κ3) is 2.46. The highest BCUT2D eigenvalue weighted by Crippen LogP contribution is 2.40. The lowest BCUT2D eigenvalue weighted by Gasteiger charge is -2.25. The van der Waals surface area contributed by atoms with Gasteiger partial charge in [-0.05, 0) is 24.3 Å². The van der Waals surface area contributed by atoms with Gasteiger partial charge < -0.3 is 4.90 Å². The number of ketones is 1. The minimum absolute atomic E-state index is 0.0332. The summed E-state index contributed by atoms with van der Waals surface area (Å²) in [7, 11) is 0. The SMILES string of the molecule is O=C(c1ccccc1)[C@H]1[C@@H]2C(=O)N(c3ccc(Cl)cc3)C(=O)[C@@H]2[C@@H]2CCC[NH+]21. The van der Waals surface area contributed by atoms with Crippen LogP contribution in [0.15, 0.2) is 54.6 Å². The number of carbonyl (C=O) groups is 3. The lowest BCUT2D eigenvalue weighted by molar-refractivity contribution is -0.915. The molecule has 3 heterocycles. The fourth-order valence-electron chi connectivity index (χ4n) is 5.37. The molecule has 0 aliphatic carbocycles. The van der Waals surface area contributed by atoms with Gasteiger partial charge in [0.1, 0.15) is 17.9 Å². The quantitative estimate of drug-likeness (QED) is 0.636. The third-order valence-electron chi connectivity index (χ3n) is 6.47. The average Bonchev–Trinajstić information content (AvgIpc) is 3.35. The monoisotopic (exact) mass is 395 g/mol. The highest BCUT2D eigenvalue weighted by atomic mass is 35.5. The van der Waals surface area contributed by atoms with Gasteiger partial charge in [0.05, 0.1) is 12.2 Å². The van der Waals surface area contributed by atoms with Gasteiger partial charge in [-0.25, -0.2) is 4.90 Å². The van der Waals surface area contributed by atoms with Crippen molar-refractivity contribution in [2.24, 2.45) is 11.8 Å². The van der Waals surface area contributed by atoms with Gasteiger partial charge in [0.15, 0.2) is 6.04 Å². The van der Waals surface area contributed by atoms with Crippen LogP contribution in [0.2, 0.25) is 5.02 Å². The van der Waals surface area contributed by atoms with E-state index in [1.165, 1.54) is 4.90 Å². The van der Waals surface area contributed by atoms with Gasteiger partial charge in [0.25, 0.3) is 0 Å². The molecule has 142 valence electrons. The van der Waals surface area contributed by atoms with Gasteiger partial charge in [-0.3, -0.25) is 14.4 Å². The minimum Gasteiger partial charge on any atom is -0.322 e. The Bertz CT molecular complexity index is 960. The number of quaternary nitrogens is 1. The van der Waals surface area contributed by atoms with E-state index in [2.05, 4.69) is 0 Å². The van der Waals surface area contributed by atoms with Crippen molar-refractivity contribution in [1.82, 2.24) is 0 Å². The Morgan fingerprint density at radius 3 is 2.36 bits per heavy atom. The summed E-state index contributed by atoms with van der Waals surface area (Å²) in [5.41, 5.74) is 1.13. The maximum Gasteiger partial charge on any atom is 0.244 e. The Balaban J connectivity index is 1.55. The summed E-state index contributed by atoms with van der Waals surface area (Å²) >= 11 is 5.96. The molecular formula is C22H20ClN2O3+. The van der Waals surface area contributed by atoms with Crippen molar-refractivity contribution in [2.45, 2.75) is 24.9 Å². The number of nitrogens with one attached hydrogen (secondary N) is 1. The van der Waals surface area contributed by atoms with E-state index in [4.69, 9.17) is 11.6 Å². The number of anilines is 1. The van der Waals surface area contributed by atoms with Crippen LogP contribution < -0.4 is 9.80 Å². The summed E-state index contributed by atoms with van der Waals surface area (Å²) < 4.78 is 0. The van der Waals surface area contributed by atoms with Gasteiger partial charge in [0, 0.05) is 23.4 Å². The summed E-state index contributed by atoms with van der Waals surface area (Å²) in [5, 5.41) is 0.548. The highest BCUT2D eigenvalue weighted by Gasteiger charge is 2.68. The first-order valence-electron chi connectivity index (χ1n) is 9.66. The fraction of sp³-hybridized carbons (Fsp3) is 0.318. The molecular weight excluding hydrogens is 376 g/mol. The molecule has 3 aliphatic rings. The minimum atomic E-state index is -0.587. The highest BCUT2D eigenvalue weighted by molar-refractivity contribution is 6.31. The topological polar surface area (TPSA) is 58.9 Å². The maximum absolute atomic E-state index is 13.4. The second-order valence-electron chi connectivity index (χ2n) is 7.82. The molecule has 0 saturated carbocycles. The van der Waals surface area contributed by atoms with Crippen LogP contribution in [0.5, 0.6) is 0 Å². The number of amides is 2. The van der Waals surface area contributed by atoms with Gasteiger partial charge >= 0.3 is 0 Å². The molecule has 2 aromatic carbocycles. The van der Waals surface area contributed by atoms with Crippen LogP contribution in [0, 0.1) is 11.8 Å². The molecule has 0 radical (unpaired) electrons. The molecule has 3 fully saturated rings. The van der Waals surface area contributed by atoms with Crippen LogP contribution >= 0.6 is 11.6 Å². The first-order valence-corrected chi connectivity index (χ1v) is 10.0. The molecule has 0 aromatic heterocycles. The van der Waals surface area contributed by atoms with Crippen molar-refractivity contribution in [2.75, 3.05) is 11.4 Å². The average molecular weight is 396 g/mol. The molecule has 6 heteroatoms. The van der Waals surface area contributed by atoms with Crippen molar-refractivity contribution in [3.05, 3.63) is 65.2 Å². The van der Waals surface area contributed by atoms with E-state index in [-0.39, 0.29) is 23.6 Å². The van der Waals surface area contributed by atoms with E-state index in [1.54, 1.807) is 36.4 Å². The molecule has 1 unspecified atom stereocenters. The summed E-state index contributed by atoms with van der Waals surface area (Å²) in [6, 6.07) is 15.4. The van der Waals surface area contributed by atoms with Crippen LogP contribution in [0.3, 0.4) is 0 Å². The second-order valence-corrected chi connectivity index (χ2v) is 8.26. The van der Waals surface area contributed by atoms with Crippen molar-refractivity contribution >= 4 is 34.9 Å². The first kappa shape index (κ1) is 17.6. The summed E-state index contributed by atoms with van der Waals surface area (Å²) in [6.45, 7) is 0.836. The number of hydrogen-bond acceptors (Lipinski definition) is 3. The number of halogens is 1. The van der Waals surface area contributed by atoms with Gasteiger partial charge in [-0.2, -0.15) is 0 Å². The van der Waals surface area contributed by atoms with Crippen molar-refractivity contribution in [3.8, 4) is 0 Å². The van der Waals surface area contributed by atoms with Crippen LogP contribution in [0.25, 0.3) is 0 Å². The van der Waals surface area contributed by atoms with E-state index in [9.17, 15) is 14.4 Å². The number of nitrogens with zero attached hydrogens (tertiary/aromatic N) is 1. The van der Waals surface area contributed by atoms with Gasteiger partial charge in [-0.1, -0.05) is 41.9 Å². The normalized spacial score (nSPS) is 31.2. The van der Waals surface area contributed by atoms with E-state index >= 15 is 0 Å². The molecule has 3 saturated heterocycles. The number of rotatable bonds is 3. The lowest BCUT2D eigenvalue weighted by atomic mass is 9.85. The molecule has 0 spiro atoms. The molecule has 5 rings (SSSR count). The third-order valence-corrected chi connectivity index (χ3v) is 6.72. The molecule has 28 heavy (non-hydrogen) atoms. The number of hydrogen-bond donors (Lipinski definition) is 1. The largest absolute Gasteiger partial charge is 0.322 e. The number of fused-ring (bicyclic) bond motifs is 3. The Kier molecular flexibility index (Phi) is 4.11. The maximum atomic E-state index is 13.4. The summed E-state index contributed by atoms with van der Waals surface area (Å²) in [6.07, 6.45) is 1.85. The van der Waals surface area contributed by atoms with Crippen LogP contribution in [-0.2, 0) is 9.59 Å². The van der Waals surface area contributed by atoms with Crippen molar-refractivity contribution in [1.29, 1.82) is 0 Å². The Morgan fingerprint density at radius 1 is 0.964 bits per heavy atom. The van der Waals surface area contributed by atoms with Crippen molar-refractivity contribution < 1.29 is 19.3 Å². The zero-order valence-electron chi connectivity index (χ0n) is 15.2. The summed E-state index contributed by atoms with van der Waals surface area (Å²) in [5.74, 6) is -1.47.